The molecule has 0 aromatic rings. The van der Waals surface area contributed by atoms with Crippen LogP contribution in [0.15, 0.2) is 0 Å². The number of unbranched alkanes of at least 4 members (excludes halogenated alkanes) is 13. The Hall–Kier alpha value is -1.41. The van der Waals surface area contributed by atoms with Crippen molar-refractivity contribution < 1.29 is 9.90 Å². The summed E-state index contributed by atoms with van der Waals surface area (Å²) in [5.41, 5.74) is 0. The van der Waals surface area contributed by atoms with Gasteiger partial charge in [-0.2, -0.15) is 0 Å². The van der Waals surface area contributed by atoms with Gasteiger partial charge in [0.15, 0.2) is 0 Å². The van der Waals surface area contributed by atoms with Crippen LogP contribution >= 0.6 is 0 Å². The van der Waals surface area contributed by atoms with E-state index in [0.29, 0.717) is 6.42 Å². The molecule has 2 heteroatoms. The molecule has 2 nitrogen and oxygen atoms in total. The molecular formula is C22H36O2. The van der Waals surface area contributed by atoms with Gasteiger partial charge in [-0.1, -0.05) is 95.8 Å². The van der Waals surface area contributed by atoms with Crippen LogP contribution in [0.4, 0.5) is 0 Å². The van der Waals surface area contributed by atoms with E-state index in [9.17, 15) is 4.79 Å². The summed E-state index contributed by atoms with van der Waals surface area (Å²) < 4.78 is 0. The molecule has 0 aliphatic rings. The van der Waals surface area contributed by atoms with Crippen LogP contribution in [0.5, 0.6) is 0 Å². The molecule has 0 rings (SSSR count). The van der Waals surface area contributed by atoms with Crippen LogP contribution in [0.1, 0.15) is 110 Å². The number of hydrogen-bond acceptors (Lipinski definition) is 1. The van der Waals surface area contributed by atoms with E-state index >= 15 is 0 Å². The monoisotopic (exact) mass is 332 g/mol. The lowest BCUT2D eigenvalue weighted by Gasteiger charge is -2.02. The van der Waals surface area contributed by atoms with Crippen LogP contribution in [-0.2, 0) is 4.79 Å². The molecule has 136 valence electrons. The van der Waals surface area contributed by atoms with E-state index in [1.165, 1.54) is 77.0 Å². The maximum atomic E-state index is 10.3. The fraction of sp³-hybridized carbons (Fsp3) is 0.773. The molecule has 0 aromatic heterocycles. The molecule has 0 saturated carbocycles. The Morgan fingerprint density at radius 1 is 0.667 bits per heavy atom. The standard InChI is InChI=1S/C22H36O2/c1-2-3-4-5-6-7-8-9-10-11-12-13-14-15-16-17-18-19-20-21-22(23)24/h2-15,20-21H2,1H3,(H,23,24). The second-order valence-electron chi connectivity index (χ2n) is 6.49. The van der Waals surface area contributed by atoms with Gasteiger partial charge in [-0.15, -0.1) is 0 Å². The minimum Gasteiger partial charge on any atom is -0.481 e. The number of carbonyl (C=O) groups is 1. The molecule has 0 unspecified atom stereocenters. The van der Waals surface area contributed by atoms with Crippen molar-refractivity contribution in [2.24, 2.45) is 0 Å². The molecular weight excluding hydrogens is 296 g/mol. The summed E-state index contributed by atoms with van der Waals surface area (Å²) in [4.78, 5) is 10.3. The first-order chi connectivity index (χ1) is 11.8. The maximum absolute atomic E-state index is 10.3. The molecule has 0 aromatic carbocycles. The van der Waals surface area contributed by atoms with Gasteiger partial charge in [0.25, 0.3) is 0 Å². The zero-order valence-corrected chi connectivity index (χ0v) is 15.7. The third-order valence-electron chi connectivity index (χ3n) is 4.11. The van der Waals surface area contributed by atoms with Gasteiger partial charge in [0.05, 0.1) is 6.42 Å². The van der Waals surface area contributed by atoms with E-state index in [-0.39, 0.29) is 6.42 Å². The summed E-state index contributed by atoms with van der Waals surface area (Å²) in [7, 11) is 0. The Morgan fingerprint density at radius 2 is 1.08 bits per heavy atom. The molecule has 1 N–H and O–H groups in total. The second kappa shape index (κ2) is 19.6. The first-order valence-corrected chi connectivity index (χ1v) is 9.95. The summed E-state index contributed by atoms with van der Waals surface area (Å²) in [6.07, 6.45) is 19.2. The van der Waals surface area contributed by atoms with Gasteiger partial charge in [-0.3, -0.25) is 4.79 Å². The van der Waals surface area contributed by atoms with Crippen LogP contribution in [0.3, 0.4) is 0 Å². The smallest absolute Gasteiger partial charge is 0.304 e. The molecule has 0 aliphatic heterocycles. The van der Waals surface area contributed by atoms with Crippen molar-refractivity contribution in [3.8, 4) is 23.7 Å². The lowest BCUT2D eigenvalue weighted by molar-refractivity contribution is -0.136. The second-order valence-corrected chi connectivity index (χ2v) is 6.49. The van der Waals surface area contributed by atoms with Gasteiger partial charge in [0, 0.05) is 12.8 Å². The number of rotatable bonds is 15. The predicted octanol–water partition coefficient (Wildman–Crippen LogP) is 6.34. The highest BCUT2D eigenvalue weighted by Crippen LogP contribution is 2.12. The van der Waals surface area contributed by atoms with E-state index in [2.05, 4.69) is 30.6 Å². The quantitative estimate of drug-likeness (QED) is 0.281. The van der Waals surface area contributed by atoms with Crippen molar-refractivity contribution in [3.05, 3.63) is 0 Å². The average Bonchev–Trinajstić information content (AvgIpc) is 2.56. The van der Waals surface area contributed by atoms with Crippen molar-refractivity contribution in [2.75, 3.05) is 0 Å². The normalized spacial score (nSPS) is 9.71. The summed E-state index contributed by atoms with van der Waals surface area (Å²) in [6.45, 7) is 2.27. The molecule has 0 bridgehead atoms. The predicted molar refractivity (Wildman–Crippen MR) is 103 cm³/mol. The molecule has 24 heavy (non-hydrogen) atoms. The van der Waals surface area contributed by atoms with E-state index < -0.39 is 5.97 Å². The summed E-state index contributed by atoms with van der Waals surface area (Å²) in [5, 5.41) is 8.45. The summed E-state index contributed by atoms with van der Waals surface area (Å²) in [6, 6.07) is 0. The van der Waals surface area contributed by atoms with Crippen molar-refractivity contribution in [2.45, 2.75) is 110 Å². The van der Waals surface area contributed by atoms with Crippen molar-refractivity contribution in [1.29, 1.82) is 0 Å². The molecule has 0 aliphatic carbocycles. The highest BCUT2D eigenvalue weighted by atomic mass is 16.4. The fourth-order valence-electron chi connectivity index (χ4n) is 2.61. The fourth-order valence-corrected chi connectivity index (χ4v) is 2.61. The minimum absolute atomic E-state index is 0.105. The highest BCUT2D eigenvalue weighted by Gasteiger charge is 1.93. The number of hydrogen-bond donors (Lipinski definition) is 1. The van der Waals surface area contributed by atoms with E-state index in [4.69, 9.17) is 5.11 Å². The molecule has 0 atom stereocenters. The molecule has 0 spiro atoms. The van der Waals surface area contributed by atoms with E-state index in [1.54, 1.807) is 0 Å². The molecule has 0 heterocycles. The molecule has 0 amide bonds. The third kappa shape index (κ3) is 20.6. The minimum atomic E-state index is -0.802. The van der Waals surface area contributed by atoms with Crippen LogP contribution in [0, 0.1) is 23.7 Å². The Balaban J connectivity index is 3.19. The van der Waals surface area contributed by atoms with Gasteiger partial charge < -0.3 is 5.11 Å². The zero-order chi connectivity index (χ0) is 17.7. The number of carboxylic acid groups (broad SMARTS) is 1. The van der Waals surface area contributed by atoms with Crippen molar-refractivity contribution in [1.82, 2.24) is 0 Å². The van der Waals surface area contributed by atoms with Gasteiger partial charge in [-0.05, 0) is 18.3 Å². The summed E-state index contributed by atoms with van der Waals surface area (Å²) in [5.74, 6) is 10.5. The molecule has 0 fully saturated rings. The van der Waals surface area contributed by atoms with Gasteiger partial charge in [0.2, 0.25) is 0 Å². The number of carboxylic acids is 1. The molecule has 0 saturated heterocycles. The first kappa shape index (κ1) is 22.6. The topological polar surface area (TPSA) is 37.3 Å². The van der Waals surface area contributed by atoms with Gasteiger partial charge >= 0.3 is 5.97 Å². The average molecular weight is 333 g/mol. The largest absolute Gasteiger partial charge is 0.481 e. The highest BCUT2D eigenvalue weighted by molar-refractivity contribution is 5.67. The lowest BCUT2D eigenvalue weighted by Crippen LogP contribution is -1.91. The summed E-state index contributed by atoms with van der Waals surface area (Å²) >= 11 is 0. The van der Waals surface area contributed by atoms with Crippen LogP contribution in [-0.4, -0.2) is 11.1 Å². The Bertz CT molecular complexity index is 403. The van der Waals surface area contributed by atoms with Crippen LogP contribution in [0.2, 0.25) is 0 Å². The third-order valence-corrected chi connectivity index (χ3v) is 4.11. The van der Waals surface area contributed by atoms with Gasteiger partial charge in [0.1, 0.15) is 0 Å². The Labute approximate surface area is 149 Å². The van der Waals surface area contributed by atoms with Crippen molar-refractivity contribution >= 4 is 5.97 Å². The molecule has 0 radical (unpaired) electrons. The first-order valence-electron chi connectivity index (χ1n) is 9.95. The SMILES string of the molecule is CCCCCCCCCCCCCCCC#CC#CCCC(=O)O. The lowest BCUT2D eigenvalue weighted by atomic mass is 10.0. The number of aliphatic carboxylic acids is 1. The van der Waals surface area contributed by atoms with Gasteiger partial charge in [-0.25, -0.2) is 0 Å². The van der Waals surface area contributed by atoms with E-state index in [0.717, 1.165) is 12.8 Å². The van der Waals surface area contributed by atoms with E-state index in [1.807, 2.05) is 0 Å². The van der Waals surface area contributed by atoms with Crippen LogP contribution in [0.25, 0.3) is 0 Å². The zero-order valence-electron chi connectivity index (χ0n) is 15.7. The maximum Gasteiger partial charge on any atom is 0.304 e. The Kier molecular flexibility index (Phi) is 18.5. The van der Waals surface area contributed by atoms with Crippen molar-refractivity contribution in [3.63, 3.8) is 0 Å². The van der Waals surface area contributed by atoms with Crippen LogP contribution < -0.4 is 0 Å². The Morgan fingerprint density at radius 3 is 1.54 bits per heavy atom.